The fourth-order valence-corrected chi connectivity index (χ4v) is 4.31. The number of halogens is 1. The highest BCUT2D eigenvalue weighted by molar-refractivity contribution is 7.84. The van der Waals surface area contributed by atoms with E-state index in [0.29, 0.717) is 16.9 Å². The number of rotatable bonds is 4. The Kier molecular flexibility index (Phi) is 5.54. The number of nitrogens with one attached hydrogen (secondary N) is 3. The zero-order valence-corrected chi connectivity index (χ0v) is 15.9. The Morgan fingerprint density at radius 1 is 1.52 bits per heavy atom. The van der Waals surface area contributed by atoms with Gasteiger partial charge in [0.05, 0.1) is 10.5 Å². The lowest BCUT2D eigenvalue weighted by Crippen LogP contribution is -2.27. The summed E-state index contributed by atoms with van der Waals surface area (Å²) in [7, 11) is 0.823. The van der Waals surface area contributed by atoms with E-state index in [1.165, 1.54) is 12.1 Å². The first-order chi connectivity index (χ1) is 12.9. The third kappa shape index (κ3) is 3.84. The molecule has 0 aliphatic carbocycles. The summed E-state index contributed by atoms with van der Waals surface area (Å²) in [6.07, 6.45) is 7.59. The van der Waals surface area contributed by atoms with Crippen molar-refractivity contribution in [3.8, 4) is 6.07 Å². The van der Waals surface area contributed by atoms with Crippen molar-refractivity contribution < 1.29 is 9.18 Å². The number of fused-ring (bicyclic) bond motifs is 1. The van der Waals surface area contributed by atoms with E-state index in [1.54, 1.807) is 23.9 Å². The first-order valence-corrected chi connectivity index (χ1v) is 9.77. The van der Waals surface area contributed by atoms with Crippen LogP contribution in [0.25, 0.3) is 6.08 Å². The summed E-state index contributed by atoms with van der Waals surface area (Å²) in [6, 6.07) is 5.73. The summed E-state index contributed by atoms with van der Waals surface area (Å²) in [6.45, 7) is 2.09. The molecule has 2 aromatic rings. The van der Waals surface area contributed by atoms with Crippen LogP contribution in [-0.4, -0.2) is 16.5 Å². The number of anilines is 1. The molecule has 1 aliphatic rings. The predicted molar refractivity (Wildman–Crippen MR) is 104 cm³/mol. The van der Waals surface area contributed by atoms with Crippen molar-refractivity contribution in [1.29, 1.82) is 10.0 Å². The highest BCUT2D eigenvalue weighted by Crippen LogP contribution is 2.26. The molecule has 6 nitrogen and oxygen atoms in total. The average Bonchev–Trinajstić information content (AvgIpc) is 2.90. The lowest BCUT2D eigenvalue weighted by Gasteiger charge is -2.12. The predicted octanol–water partition coefficient (Wildman–Crippen LogP) is 3.73. The molecule has 1 aliphatic heterocycles. The monoisotopic (exact) mass is 385 g/mol. The normalized spacial score (nSPS) is 18.4. The minimum atomic E-state index is -0.931. The Morgan fingerprint density at radius 2 is 2.30 bits per heavy atom. The number of benzene rings is 1. The van der Waals surface area contributed by atoms with Crippen molar-refractivity contribution in [3.63, 3.8) is 0 Å². The van der Waals surface area contributed by atoms with Crippen LogP contribution in [0.5, 0.6) is 0 Å². The quantitative estimate of drug-likeness (QED) is 0.749. The molecule has 27 heavy (non-hydrogen) atoms. The summed E-state index contributed by atoms with van der Waals surface area (Å²) in [5.41, 5.74) is 1.35. The number of nitriles is 1. The molecule has 0 fully saturated rings. The molecule has 0 saturated heterocycles. The summed E-state index contributed by atoms with van der Waals surface area (Å²) < 4.78 is 26.8. The summed E-state index contributed by atoms with van der Waals surface area (Å²) >= 11 is 0. The number of nitrogens with zero attached hydrogens (tertiary/aromatic N) is 2. The van der Waals surface area contributed by atoms with Gasteiger partial charge in [0.2, 0.25) is 0 Å². The lowest BCUT2D eigenvalue weighted by molar-refractivity contribution is 0.101. The van der Waals surface area contributed by atoms with Crippen molar-refractivity contribution in [2.45, 2.75) is 30.7 Å². The van der Waals surface area contributed by atoms with Crippen molar-refractivity contribution >= 4 is 28.5 Å². The molecule has 3 N–H and O–H groups in total. The molecule has 1 amide bonds. The Hall–Kier alpha value is -2.76. The molecule has 0 radical (unpaired) electrons. The third-order valence-corrected chi connectivity index (χ3v) is 5.63. The molecular formula is C19H20FN5OS. The van der Waals surface area contributed by atoms with Crippen LogP contribution < -0.4 is 10.0 Å². The van der Waals surface area contributed by atoms with E-state index in [1.807, 2.05) is 12.2 Å². The lowest BCUT2D eigenvalue weighted by atomic mass is 10.1. The van der Waals surface area contributed by atoms with Gasteiger partial charge in [-0.25, -0.2) is 9.11 Å². The fourth-order valence-electron chi connectivity index (χ4n) is 3.03. The fraction of sp³-hybridized carbons (Fsp3) is 0.263. The summed E-state index contributed by atoms with van der Waals surface area (Å²) in [5.74, 6) is -0.998. The summed E-state index contributed by atoms with van der Waals surface area (Å²) in [4.78, 5) is 13.6. The molecule has 2 unspecified atom stereocenters. The molecule has 0 bridgehead atoms. The first kappa shape index (κ1) is 19.0. The molecule has 1 aromatic carbocycles. The maximum absolute atomic E-state index is 13.5. The van der Waals surface area contributed by atoms with Gasteiger partial charge in [0, 0.05) is 30.5 Å². The molecule has 140 valence electrons. The highest BCUT2D eigenvalue weighted by atomic mass is 32.2. The molecule has 2 atom stereocenters. The Morgan fingerprint density at radius 3 is 3.00 bits per heavy atom. The molecule has 2 heterocycles. The molecule has 0 spiro atoms. The average molecular weight is 385 g/mol. The number of amides is 1. The zero-order chi connectivity index (χ0) is 19.6. The van der Waals surface area contributed by atoms with Gasteiger partial charge in [-0.1, -0.05) is 25.5 Å². The number of hydrogen-bond acceptors (Lipinski definition) is 3. The van der Waals surface area contributed by atoms with Gasteiger partial charge in [-0.05, 0) is 35.5 Å². The largest absolute Gasteiger partial charge is 0.345 e. The summed E-state index contributed by atoms with van der Waals surface area (Å²) in [5, 5.41) is 11.7. The zero-order valence-electron chi connectivity index (χ0n) is 15.0. The molecule has 1 aromatic heterocycles. The number of aryl methyl sites for hydroxylation is 1. The van der Waals surface area contributed by atoms with Gasteiger partial charge in [0.15, 0.2) is 0 Å². The molecule has 3 rings (SSSR count). The Labute approximate surface area is 159 Å². The number of aromatic nitrogens is 1. The van der Waals surface area contributed by atoms with E-state index < -0.39 is 16.7 Å². The van der Waals surface area contributed by atoms with E-state index in [2.05, 4.69) is 17.0 Å². The second-order valence-electron chi connectivity index (χ2n) is 6.31. The van der Waals surface area contributed by atoms with Crippen LogP contribution in [0.2, 0.25) is 0 Å². The molecule has 8 heteroatoms. The van der Waals surface area contributed by atoms with Crippen LogP contribution in [0.1, 0.15) is 41.4 Å². The van der Waals surface area contributed by atoms with Crippen LogP contribution in [0.3, 0.4) is 0 Å². The maximum Gasteiger partial charge on any atom is 0.272 e. The third-order valence-electron chi connectivity index (χ3n) is 4.33. The van der Waals surface area contributed by atoms with Gasteiger partial charge < -0.3 is 9.88 Å². The standard InChI is InChI=1S/C19H20FN5OS/c1-3-4-13-5-7-15-17(27(22)24-13)11-25(2)18(15)19(26)23-14-6-8-16(20)12(9-14)10-21/h5-9,11,13H,3-4H2,1-2H3,(H2,22,24)(H,23,26). The number of hydrogen-bond donors (Lipinski definition) is 3. The second kappa shape index (κ2) is 7.86. The Balaban J connectivity index is 1.94. The van der Waals surface area contributed by atoms with Gasteiger partial charge in [0.1, 0.15) is 17.6 Å². The van der Waals surface area contributed by atoms with E-state index in [0.717, 1.165) is 23.8 Å². The van der Waals surface area contributed by atoms with Crippen molar-refractivity contribution in [3.05, 3.63) is 53.1 Å². The van der Waals surface area contributed by atoms with Crippen LogP contribution in [-0.2, 0) is 17.9 Å². The smallest absolute Gasteiger partial charge is 0.272 e. The first-order valence-electron chi connectivity index (χ1n) is 8.54. The van der Waals surface area contributed by atoms with Gasteiger partial charge >= 0.3 is 0 Å². The van der Waals surface area contributed by atoms with Crippen molar-refractivity contribution in [2.75, 3.05) is 5.32 Å². The van der Waals surface area contributed by atoms with Crippen LogP contribution in [0, 0.1) is 21.9 Å². The SMILES string of the molecule is CCCC1C=Cc2c(cn(C)c2C(=O)Nc2ccc(F)c(C#N)c2)S(=N)N1. The number of carbonyl (C=O) groups excluding carboxylic acids is 1. The van der Waals surface area contributed by atoms with Crippen LogP contribution >= 0.6 is 0 Å². The van der Waals surface area contributed by atoms with E-state index in [4.69, 9.17) is 10.0 Å². The minimum Gasteiger partial charge on any atom is -0.345 e. The van der Waals surface area contributed by atoms with E-state index >= 15 is 0 Å². The maximum atomic E-state index is 13.5. The Bertz CT molecular complexity index is 989. The second-order valence-corrected chi connectivity index (χ2v) is 7.59. The van der Waals surface area contributed by atoms with E-state index in [-0.39, 0.29) is 17.5 Å². The van der Waals surface area contributed by atoms with Crippen molar-refractivity contribution in [1.82, 2.24) is 9.29 Å². The van der Waals surface area contributed by atoms with Crippen LogP contribution in [0.4, 0.5) is 10.1 Å². The minimum absolute atomic E-state index is 0.0970. The number of carbonyl (C=O) groups is 1. The molecular weight excluding hydrogens is 365 g/mol. The van der Waals surface area contributed by atoms with Gasteiger partial charge in [-0.2, -0.15) is 5.26 Å². The topological polar surface area (TPSA) is 93.7 Å². The van der Waals surface area contributed by atoms with Crippen molar-refractivity contribution in [2.24, 2.45) is 7.05 Å². The van der Waals surface area contributed by atoms with Gasteiger partial charge in [-0.15, -0.1) is 0 Å². The molecule has 0 saturated carbocycles. The van der Waals surface area contributed by atoms with Gasteiger partial charge in [-0.3, -0.25) is 9.57 Å². The van der Waals surface area contributed by atoms with E-state index in [9.17, 15) is 9.18 Å². The highest BCUT2D eigenvalue weighted by Gasteiger charge is 2.24. The van der Waals surface area contributed by atoms with Crippen LogP contribution in [0.15, 0.2) is 35.4 Å². The van der Waals surface area contributed by atoms with Gasteiger partial charge in [0.25, 0.3) is 5.91 Å².